The number of benzene rings is 1. The predicted molar refractivity (Wildman–Crippen MR) is 50.9 cm³/mol. The minimum absolute atomic E-state index is 0.627. The van der Waals surface area contributed by atoms with E-state index in [9.17, 15) is 30.7 Å². The molecule has 0 N–H and O–H groups in total. The van der Waals surface area contributed by atoms with Gasteiger partial charge in [-0.1, -0.05) is 30.3 Å². The molecule has 1 aromatic carbocycles. The molecule has 0 aliphatic rings. The summed E-state index contributed by atoms with van der Waals surface area (Å²) in [6, 6.07) is 5.48. The molecule has 0 unspecified atom stereocenters. The maximum Gasteiger partial charge on any atom is 0.443 e. The van der Waals surface area contributed by atoms with Gasteiger partial charge in [-0.3, -0.25) is 0 Å². The molecule has 0 fully saturated rings. The fourth-order valence-corrected chi connectivity index (χ4v) is 1.19. The molecular weight excluding hydrogens is 265 g/mol. The van der Waals surface area contributed by atoms with Gasteiger partial charge in [-0.25, -0.2) is 8.78 Å². The van der Waals surface area contributed by atoms with Crippen LogP contribution in [0.25, 0.3) is 5.57 Å². The first-order valence-corrected chi connectivity index (χ1v) is 4.48. The van der Waals surface area contributed by atoms with Crippen LogP contribution in [0.5, 0.6) is 0 Å². The van der Waals surface area contributed by atoms with Crippen LogP contribution in [-0.2, 0) is 0 Å². The molecule has 1 rings (SSSR count). The molecule has 0 heterocycles. The first-order chi connectivity index (χ1) is 8.25. The summed E-state index contributed by atoms with van der Waals surface area (Å²) in [7, 11) is 0. The Kier molecular flexibility index (Phi) is 4.15. The van der Waals surface area contributed by atoms with Crippen LogP contribution in [-0.4, -0.2) is 6.18 Å². The molecule has 0 saturated heterocycles. The normalized spacial score (nSPS) is 13.1. The van der Waals surface area contributed by atoms with E-state index in [2.05, 4.69) is 0 Å². The predicted octanol–water partition coefficient (Wildman–Crippen LogP) is 5.01. The number of allylic oxidation sites excluding steroid dienone is 3. The number of alkyl halides is 3. The first kappa shape index (κ1) is 14.3. The van der Waals surface area contributed by atoms with E-state index in [1.54, 1.807) is 0 Å². The van der Waals surface area contributed by atoms with Gasteiger partial charge in [-0.15, -0.1) is 0 Å². The topological polar surface area (TPSA) is 0 Å². The molecule has 0 saturated carbocycles. The highest BCUT2D eigenvalue weighted by molar-refractivity contribution is 5.79. The monoisotopic (exact) mass is 270 g/mol. The lowest BCUT2D eigenvalue weighted by Gasteiger charge is -2.10. The third-order valence-electron chi connectivity index (χ3n) is 1.92. The van der Waals surface area contributed by atoms with Crippen molar-refractivity contribution in [1.29, 1.82) is 0 Å². The fourth-order valence-electron chi connectivity index (χ4n) is 1.19. The summed E-state index contributed by atoms with van der Waals surface area (Å²) in [6.07, 6.45) is -8.56. The summed E-state index contributed by atoms with van der Waals surface area (Å²) in [4.78, 5) is 0. The summed E-state index contributed by atoms with van der Waals surface area (Å²) in [5, 5.41) is 0. The van der Waals surface area contributed by atoms with Crippen LogP contribution in [0, 0.1) is 0 Å². The summed E-state index contributed by atoms with van der Waals surface area (Å²) < 4.78 is 86.5. The molecule has 18 heavy (non-hydrogen) atoms. The van der Waals surface area contributed by atoms with E-state index in [1.165, 1.54) is 18.2 Å². The zero-order chi connectivity index (χ0) is 13.9. The summed E-state index contributed by atoms with van der Waals surface area (Å²) in [5.74, 6) is -5.44. The Bertz CT molecular complexity index is 478. The Morgan fingerprint density at radius 1 is 0.833 bits per heavy atom. The van der Waals surface area contributed by atoms with Crippen LogP contribution in [0.15, 0.2) is 48.1 Å². The highest BCUT2D eigenvalue weighted by atomic mass is 19.4. The molecule has 7 heteroatoms. The van der Waals surface area contributed by atoms with Crippen LogP contribution in [0.1, 0.15) is 5.56 Å². The summed E-state index contributed by atoms with van der Waals surface area (Å²) >= 11 is 0. The zero-order valence-corrected chi connectivity index (χ0v) is 8.53. The smallest absolute Gasteiger partial charge is 0.201 e. The molecule has 0 amide bonds. The van der Waals surface area contributed by atoms with E-state index in [0.29, 0.717) is 0 Å². The number of rotatable bonds is 2. The Balaban J connectivity index is 3.53. The van der Waals surface area contributed by atoms with Gasteiger partial charge in [-0.2, -0.15) is 22.0 Å². The van der Waals surface area contributed by atoms with Gasteiger partial charge in [0.25, 0.3) is 0 Å². The number of hydrogen-bond donors (Lipinski definition) is 0. The summed E-state index contributed by atoms with van der Waals surface area (Å²) in [5.41, 5.74) is -2.43. The van der Waals surface area contributed by atoms with E-state index in [0.717, 1.165) is 12.1 Å². The highest BCUT2D eigenvalue weighted by Gasteiger charge is 2.39. The third-order valence-corrected chi connectivity index (χ3v) is 1.92. The average molecular weight is 270 g/mol. The van der Waals surface area contributed by atoms with Crippen molar-refractivity contribution >= 4 is 5.57 Å². The number of hydrogen-bond acceptors (Lipinski definition) is 0. The van der Waals surface area contributed by atoms with Gasteiger partial charge >= 0.3 is 12.3 Å². The molecule has 0 aliphatic heterocycles. The lowest BCUT2D eigenvalue weighted by molar-refractivity contribution is -0.108. The zero-order valence-electron chi connectivity index (χ0n) is 8.53. The van der Waals surface area contributed by atoms with Crippen molar-refractivity contribution in [1.82, 2.24) is 0 Å². The SMILES string of the molecule is FC(F)=C(F)/C(=C(/F)C(F)(F)F)c1ccccc1. The fraction of sp³-hybridized carbons (Fsp3) is 0.0909. The summed E-state index contributed by atoms with van der Waals surface area (Å²) in [6.45, 7) is 0. The van der Waals surface area contributed by atoms with Crippen LogP contribution in [0.2, 0.25) is 0 Å². The molecule has 0 radical (unpaired) electrons. The quantitative estimate of drug-likeness (QED) is 0.523. The second-order valence-corrected chi connectivity index (χ2v) is 3.13. The second kappa shape index (κ2) is 5.24. The van der Waals surface area contributed by atoms with Gasteiger partial charge in [0.05, 0.1) is 5.57 Å². The lowest BCUT2D eigenvalue weighted by Crippen LogP contribution is -2.11. The van der Waals surface area contributed by atoms with Crippen molar-refractivity contribution in [2.45, 2.75) is 6.18 Å². The lowest BCUT2D eigenvalue weighted by atomic mass is 10.0. The van der Waals surface area contributed by atoms with E-state index < -0.39 is 35.0 Å². The molecule has 0 aromatic heterocycles. The van der Waals surface area contributed by atoms with Crippen molar-refractivity contribution in [2.24, 2.45) is 0 Å². The standard InChI is InChI=1S/C11H5F7/c12-8(10(14)15)7(9(13)11(16,17)18)6-4-2-1-3-5-6/h1-5H/b9-7+. The molecule has 1 aromatic rings. The van der Waals surface area contributed by atoms with Crippen LogP contribution in [0.3, 0.4) is 0 Å². The molecular formula is C11H5F7. The van der Waals surface area contributed by atoms with Crippen molar-refractivity contribution in [3.8, 4) is 0 Å². The minimum atomic E-state index is -5.54. The Morgan fingerprint density at radius 2 is 1.33 bits per heavy atom. The van der Waals surface area contributed by atoms with E-state index in [1.807, 2.05) is 0 Å². The van der Waals surface area contributed by atoms with Gasteiger partial charge in [0, 0.05) is 0 Å². The van der Waals surface area contributed by atoms with Crippen LogP contribution in [0.4, 0.5) is 30.7 Å². The van der Waals surface area contributed by atoms with Crippen molar-refractivity contribution in [3.63, 3.8) is 0 Å². The average Bonchev–Trinajstić information content (AvgIpc) is 2.29. The second-order valence-electron chi connectivity index (χ2n) is 3.13. The maximum atomic E-state index is 13.0. The van der Waals surface area contributed by atoms with E-state index >= 15 is 0 Å². The van der Waals surface area contributed by atoms with Crippen LogP contribution >= 0.6 is 0 Å². The van der Waals surface area contributed by atoms with E-state index in [4.69, 9.17) is 0 Å². The molecule has 98 valence electrons. The Labute approximate surface area is 97.0 Å². The molecule has 0 atom stereocenters. The van der Waals surface area contributed by atoms with Gasteiger partial charge in [0.15, 0.2) is 5.83 Å². The molecule has 0 nitrogen and oxygen atoms in total. The highest BCUT2D eigenvalue weighted by Crippen LogP contribution is 2.38. The third kappa shape index (κ3) is 3.12. The Hall–Kier alpha value is -1.79. The van der Waals surface area contributed by atoms with Gasteiger partial charge in [-0.05, 0) is 5.56 Å². The van der Waals surface area contributed by atoms with Gasteiger partial charge < -0.3 is 0 Å². The molecule has 0 spiro atoms. The molecule has 0 aliphatic carbocycles. The molecule has 0 bridgehead atoms. The minimum Gasteiger partial charge on any atom is -0.201 e. The van der Waals surface area contributed by atoms with Gasteiger partial charge in [0.1, 0.15) is 0 Å². The number of halogens is 7. The van der Waals surface area contributed by atoms with Crippen LogP contribution < -0.4 is 0 Å². The Morgan fingerprint density at radius 3 is 1.72 bits per heavy atom. The first-order valence-electron chi connectivity index (χ1n) is 4.48. The van der Waals surface area contributed by atoms with Crippen molar-refractivity contribution in [3.05, 3.63) is 53.6 Å². The maximum absolute atomic E-state index is 13.0. The van der Waals surface area contributed by atoms with E-state index in [-0.39, 0.29) is 0 Å². The van der Waals surface area contributed by atoms with Crippen molar-refractivity contribution in [2.75, 3.05) is 0 Å². The van der Waals surface area contributed by atoms with Crippen molar-refractivity contribution < 1.29 is 30.7 Å². The largest absolute Gasteiger partial charge is 0.443 e. The van der Waals surface area contributed by atoms with Gasteiger partial charge in [0.2, 0.25) is 5.83 Å².